The number of morpholine rings is 1. The quantitative estimate of drug-likeness (QED) is 0.645. The lowest BCUT2D eigenvalue weighted by Crippen LogP contribution is -2.41. The number of carbonyl (C=O) groups excluding carboxylic acids is 1. The van der Waals surface area contributed by atoms with Gasteiger partial charge in [-0.2, -0.15) is 5.26 Å². The molecule has 1 aliphatic heterocycles. The number of ether oxygens (including phenoxy) is 1. The first-order valence-electron chi connectivity index (χ1n) is 7.51. The molecule has 116 valence electrons. The van der Waals surface area contributed by atoms with Gasteiger partial charge in [0.25, 0.3) is 5.91 Å². The fourth-order valence-corrected chi connectivity index (χ4v) is 2.56. The lowest BCUT2D eigenvalue weighted by Gasteiger charge is -2.26. The molecule has 5 heteroatoms. The minimum atomic E-state index is -0.239. The summed E-state index contributed by atoms with van der Waals surface area (Å²) in [7, 11) is 0. The first-order chi connectivity index (χ1) is 11.3. The van der Waals surface area contributed by atoms with Gasteiger partial charge in [-0.1, -0.05) is 18.2 Å². The van der Waals surface area contributed by atoms with E-state index in [-0.39, 0.29) is 11.5 Å². The number of benzene rings is 1. The highest BCUT2D eigenvalue weighted by Crippen LogP contribution is 2.16. The number of hydrogen-bond donors (Lipinski definition) is 0. The first kappa shape index (κ1) is 15.1. The molecule has 1 fully saturated rings. The molecule has 0 N–H and O–H groups in total. The van der Waals surface area contributed by atoms with Gasteiger partial charge in [0.05, 0.1) is 13.2 Å². The van der Waals surface area contributed by atoms with Crippen LogP contribution in [0.1, 0.15) is 5.69 Å². The number of carbonyl (C=O) groups is 1. The second kappa shape index (κ2) is 6.95. The predicted octanol–water partition coefficient (Wildman–Crippen LogP) is 2.24. The molecule has 1 aromatic carbocycles. The Hall–Kier alpha value is -2.84. The normalized spacial score (nSPS) is 15.3. The lowest BCUT2D eigenvalue weighted by molar-refractivity contribution is -0.130. The van der Waals surface area contributed by atoms with Crippen molar-refractivity contribution in [3.8, 4) is 11.8 Å². The molecule has 0 atom stereocenters. The maximum absolute atomic E-state index is 12.5. The number of amides is 1. The van der Waals surface area contributed by atoms with Gasteiger partial charge in [-0.3, -0.25) is 4.79 Å². The van der Waals surface area contributed by atoms with Crippen molar-refractivity contribution in [2.24, 2.45) is 0 Å². The van der Waals surface area contributed by atoms with Crippen LogP contribution < -0.4 is 0 Å². The molecular formula is C18H17N3O2. The van der Waals surface area contributed by atoms with Gasteiger partial charge < -0.3 is 14.2 Å². The van der Waals surface area contributed by atoms with Crippen LogP contribution in [0.4, 0.5) is 0 Å². The van der Waals surface area contributed by atoms with Crippen LogP contribution in [0.25, 0.3) is 11.8 Å². The predicted molar refractivity (Wildman–Crippen MR) is 86.8 cm³/mol. The van der Waals surface area contributed by atoms with Crippen LogP contribution in [0.15, 0.2) is 54.2 Å². The van der Waals surface area contributed by atoms with Crippen molar-refractivity contribution in [1.29, 1.82) is 5.26 Å². The fourth-order valence-electron chi connectivity index (χ4n) is 2.56. The second-order valence-corrected chi connectivity index (χ2v) is 5.21. The molecule has 0 saturated carbocycles. The topological polar surface area (TPSA) is 58.3 Å². The summed E-state index contributed by atoms with van der Waals surface area (Å²) in [6.07, 6.45) is 3.56. The first-order valence-corrected chi connectivity index (χ1v) is 7.51. The third-order valence-electron chi connectivity index (χ3n) is 3.76. The molecular weight excluding hydrogens is 290 g/mol. The number of aromatic nitrogens is 1. The molecule has 0 aliphatic carbocycles. The molecule has 1 saturated heterocycles. The van der Waals surface area contributed by atoms with E-state index in [0.717, 1.165) is 11.4 Å². The van der Waals surface area contributed by atoms with Gasteiger partial charge >= 0.3 is 0 Å². The zero-order valence-electron chi connectivity index (χ0n) is 12.7. The fraction of sp³-hybridized carbons (Fsp3) is 0.222. The lowest BCUT2D eigenvalue weighted by atomic mass is 10.2. The SMILES string of the molecule is N#C/C(=C/c1cccn1-c1ccccc1)C(=O)N1CCOCC1. The van der Waals surface area contributed by atoms with Gasteiger partial charge in [-0.15, -0.1) is 0 Å². The van der Waals surface area contributed by atoms with Crippen molar-refractivity contribution in [2.75, 3.05) is 26.3 Å². The molecule has 2 heterocycles. The summed E-state index contributed by atoms with van der Waals surface area (Å²) in [5.41, 5.74) is 1.93. The van der Waals surface area contributed by atoms with Crippen molar-refractivity contribution in [1.82, 2.24) is 9.47 Å². The van der Waals surface area contributed by atoms with Crippen LogP contribution in [0, 0.1) is 11.3 Å². The van der Waals surface area contributed by atoms with Crippen molar-refractivity contribution >= 4 is 12.0 Å². The van der Waals surface area contributed by atoms with Gasteiger partial charge in [0.2, 0.25) is 0 Å². The third kappa shape index (κ3) is 3.33. The van der Waals surface area contributed by atoms with Gasteiger partial charge in [-0.05, 0) is 30.3 Å². The van der Waals surface area contributed by atoms with Gasteiger partial charge in [-0.25, -0.2) is 0 Å². The maximum atomic E-state index is 12.5. The average molecular weight is 307 g/mol. The molecule has 1 aromatic heterocycles. The van der Waals surface area contributed by atoms with Gasteiger partial charge in [0, 0.05) is 30.7 Å². The largest absolute Gasteiger partial charge is 0.378 e. The molecule has 5 nitrogen and oxygen atoms in total. The summed E-state index contributed by atoms with van der Waals surface area (Å²) < 4.78 is 7.19. The van der Waals surface area contributed by atoms with Crippen molar-refractivity contribution < 1.29 is 9.53 Å². The average Bonchev–Trinajstić information content (AvgIpc) is 3.09. The minimum absolute atomic E-state index is 0.141. The Labute approximate surface area is 135 Å². The van der Waals surface area contributed by atoms with Crippen LogP contribution in [-0.4, -0.2) is 41.7 Å². The van der Waals surface area contributed by atoms with E-state index in [0.29, 0.717) is 26.3 Å². The molecule has 1 amide bonds. The van der Waals surface area contributed by atoms with Crippen LogP contribution in [0.5, 0.6) is 0 Å². The zero-order chi connectivity index (χ0) is 16.1. The monoisotopic (exact) mass is 307 g/mol. The van der Waals surface area contributed by atoms with Gasteiger partial charge in [0.15, 0.2) is 0 Å². The minimum Gasteiger partial charge on any atom is -0.378 e. The Morgan fingerprint density at radius 2 is 1.87 bits per heavy atom. The Morgan fingerprint density at radius 3 is 2.57 bits per heavy atom. The Morgan fingerprint density at radius 1 is 1.13 bits per heavy atom. The summed E-state index contributed by atoms with van der Waals surface area (Å²) in [6.45, 7) is 2.09. The van der Waals surface area contributed by atoms with E-state index in [9.17, 15) is 10.1 Å². The highest BCUT2D eigenvalue weighted by Gasteiger charge is 2.20. The van der Waals surface area contributed by atoms with Crippen LogP contribution in [-0.2, 0) is 9.53 Å². The van der Waals surface area contributed by atoms with E-state index in [1.54, 1.807) is 11.0 Å². The van der Waals surface area contributed by atoms with E-state index in [4.69, 9.17) is 4.74 Å². The molecule has 1 aliphatic rings. The van der Waals surface area contributed by atoms with E-state index >= 15 is 0 Å². The van der Waals surface area contributed by atoms with Crippen LogP contribution >= 0.6 is 0 Å². The summed E-state index contributed by atoms with van der Waals surface area (Å²) in [5.74, 6) is -0.239. The zero-order valence-corrected chi connectivity index (χ0v) is 12.7. The Kier molecular flexibility index (Phi) is 4.55. The maximum Gasteiger partial charge on any atom is 0.264 e. The summed E-state index contributed by atoms with van der Waals surface area (Å²) in [5, 5.41) is 9.38. The van der Waals surface area contributed by atoms with Crippen molar-refractivity contribution in [3.05, 3.63) is 59.9 Å². The molecule has 0 unspecified atom stereocenters. The van der Waals surface area contributed by atoms with Crippen LogP contribution in [0.3, 0.4) is 0 Å². The number of hydrogen-bond acceptors (Lipinski definition) is 3. The Balaban J connectivity index is 1.89. The molecule has 0 radical (unpaired) electrons. The van der Waals surface area contributed by atoms with E-state index < -0.39 is 0 Å². The van der Waals surface area contributed by atoms with Crippen molar-refractivity contribution in [2.45, 2.75) is 0 Å². The smallest absolute Gasteiger partial charge is 0.264 e. The number of para-hydroxylation sites is 1. The number of nitrogens with zero attached hydrogens (tertiary/aromatic N) is 3. The standard InChI is InChI=1S/C18H17N3O2/c19-14-15(18(22)20-9-11-23-12-10-20)13-17-7-4-8-21(17)16-5-2-1-3-6-16/h1-8,13H,9-12H2/b15-13-. The number of rotatable bonds is 3. The summed E-state index contributed by atoms with van der Waals surface area (Å²) in [6, 6.07) is 15.6. The summed E-state index contributed by atoms with van der Waals surface area (Å²) >= 11 is 0. The molecule has 0 spiro atoms. The van der Waals surface area contributed by atoms with Crippen molar-refractivity contribution in [3.63, 3.8) is 0 Å². The van der Waals surface area contributed by atoms with Crippen LogP contribution in [0.2, 0.25) is 0 Å². The number of nitriles is 1. The Bertz CT molecular complexity index is 750. The van der Waals surface area contributed by atoms with E-state index in [1.165, 1.54) is 0 Å². The molecule has 0 bridgehead atoms. The summed E-state index contributed by atoms with van der Waals surface area (Å²) in [4.78, 5) is 14.1. The van der Waals surface area contributed by atoms with Gasteiger partial charge in [0.1, 0.15) is 11.6 Å². The molecule has 23 heavy (non-hydrogen) atoms. The highest BCUT2D eigenvalue weighted by atomic mass is 16.5. The van der Waals surface area contributed by atoms with E-state index in [1.807, 2.05) is 59.3 Å². The second-order valence-electron chi connectivity index (χ2n) is 5.21. The third-order valence-corrected chi connectivity index (χ3v) is 3.76. The molecule has 2 aromatic rings. The highest BCUT2D eigenvalue weighted by molar-refractivity contribution is 6.01. The molecule has 3 rings (SSSR count). The van der Waals surface area contributed by atoms with E-state index in [2.05, 4.69) is 0 Å².